The Kier molecular flexibility index (Phi) is 6.53. The molecule has 0 radical (unpaired) electrons. The van der Waals surface area contributed by atoms with Crippen molar-refractivity contribution in [2.24, 2.45) is 0 Å². The topological polar surface area (TPSA) is 110 Å². The number of hydrogen-bond donors (Lipinski definition) is 2. The summed E-state index contributed by atoms with van der Waals surface area (Å²) in [6.07, 6.45) is 6.06. The summed E-state index contributed by atoms with van der Waals surface area (Å²) in [6, 6.07) is 13.5. The number of H-pyrrole nitrogens is 1. The fraction of sp³-hybridized carbons (Fsp3) is 0.0833. The maximum absolute atomic E-state index is 12.5. The Morgan fingerprint density at radius 2 is 1.82 bits per heavy atom. The van der Waals surface area contributed by atoms with Crippen LogP contribution in [-0.4, -0.2) is 31.3 Å². The third-order valence-corrected chi connectivity index (χ3v) is 6.21. The third kappa shape index (κ3) is 5.19. The molecule has 0 aliphatic heterocycles. The number of benzene rings is 2. The summed E-state index contributed by atoms with van der Waals surface area (Å²) in [6.45, 7) is 0. The van der Waals surface area contributed by atoms with Crippen LogP contribution in [0, 0.1) is 0 Å². The van der Waals surface area contributed by atoms with Crippen molar-refractivity contribution in [2.75, 3.05) is 18.1 Å². The molecule has 174 valence electrons. The summed E-state index contributed by atoms with van der Waals surface area (Å²) in [7, 11) is -1.79. The summed E-state index contributed by atoms with van der Waals surface area (Å²) in [5.41, 5.74) is 2.99. The maximum atomic E-state index is 12.5. The Balaban J connectivity index is 1.82. The van der Waals surface area contributed by atoms with Gasteiger partial charge in [-0.15, -0.1) is 0 Å². The molecule has 0 bridgehead atoms. The Hall–Kier alpha value is -3.89. The predicted octanol–water partition coefficient (Wildman–Crippen LogP) is 3.80. The SMILES string of the molecule is COc1c(C=Cc2ccc(NS(C)(=O)=O)cc2)cc(-n2c(=O)cc[nH]c2=O)cc1-c1ccsc1. The van der Waals surface area contributed by atoms with Crippen LogP contribution in [-0.2, 0) is 10.0 Å². The Bertz CT molecular complexity index is 1540. The first-order chi connectivity index (χ1) is 16.2. The monoisotopic (exact) mass is 495 g/mol. The van der Waals surface area contributed by atoms with Crippen LogP contribution < -0.4 is 20.7 Å². The van der Waals surface area contributed by atoms with Crippen LogP contribution >= 0.6 is 11.3 Å². The molecule has 4 rings (SSSR count). The smallest absolute Gasteiger partial charge is 0.332 e. The maximum Gasteiger partial charge on any atom is 0.332 e. The van der Waals surface area contributed by atoms with Crippen LogP contribution in [0.1, 0.15) is 11.1 Å². The molecule has 0 fully saturated rings. The van der Waals surface area contributed by atoms with Gasteiger partial charge in [0.1, 0.15) is 5.75 Å². The number of nitrogens with one attached hydrogen (secondary N) is 2. The van der Waals surface area contributed by atoms with Gasteiger partial charge in [-0.25, -0.2) is 17.8 Å². The molecule has 0 atom stereocenters. The van der Waals surface area contributed by atoms with Gasteiger partial charge in [-0.3, -0.25) is 9.52 Å². The van der Waals surface area contributed by atoms with Crippen LogP contribution in [0.25, 0.3) is 29.0 Å². The molecular weight excluding hydrogens is 474 g/mol. The largest absolute Gasteiger partial charge is 0.495 e. The summed E-state index contributed by atoms with van der Waals surface area (Å²) in [4.78, 5) is 27.4. The summed E-state index contributed by atoms with van der Waals surface area (Å²) in [5.74, 6) is 0.592. The van der Waals surface area contributed by atoms with Crippen LogP contribution in [0.4, 0.5) is 5.69 Å². The zero-order chi connectivity index (χ0) is 24.3. The first kappa shape index (κ1) is 23.3. The molecule has 34 heavy (non-hydrogen) atoms. The Morgan fingerprint density at radius 3 is 2.44 bits per heavy atom. The molecular formula is C24H21N3O5S2. The number of methoxy groups -OCH3 is 1. The number of nitrogens with zero attached hydrogens (tertiary/aromatic N) is 1. The second-order valence-electron chi connectivity index (χ2n) is 7.41. The van der Waals surface area contributed by atoms with Crippen molar-refractivity contribution >= 4 is 39.2 Å². The van der Waals surface area contributed by atoms with Crippen molar-refractivity contribution in [3.63, 3.8) is 0 Å². The molecule has 4 aromatic rings. The predicted molar refractivity (Wildman–Crippen MR) is 136 cm³/mol. The van der Waals surface area contributed by atoms with E-state index in [1.807, 2.05) is 29.0 Å². The molecule has 8 nitrogen and oxygen atoms in total. The number of thiophene rings is 1. The number of hydrogen-bond acceptors (Lipinski definition) is 6. The van der Waals surface area contributed by atoms with Gasteiger partial charge in [-0.1, -0.05) is 24.3 Å². The van der Waals surface area contributed by atoms with Gasteiger partial charge in [0.25, 0.3) is 5.56 Å². The van der Waals surface area contributed by atoms with Gasteiger partial charge in [-0.2, -0.15) is 11.3 Å². The van der Waals surface area contributed by atoms with E-state index in [2.05, 4.69) is 9.71 Å². The van der Waals surface area contributed by atoms with Gasteiger partial charge >= 0.3 is 5.69 Å². The van der Waals surface area contributed by atoms with E-state index in [1.165, 1.54) is 23.6 Å². The molecule has 2 aromatic carbocycles. The quantitative estimate of drug-likeness (QED) is 0.379. The Labute approximate surface area is 199 Å². The highest BCUT2D eigenvalue weighted by molar-refractivity contribution is 7.92. The van der Waals surface area contributed by atoms with Crippen molar-refractivity contribution in [3.05, 3.63) is 97.5 Å². The normalized spacial score (nSPS) is 11.6. The lowest BCUT2D eigenvalue weighted by atomic mass is 10.0. The number of anilines is 1. The van der Waals surface area contributed by atoms with Crippen molar-refractivity contribution in [1.82, 2.24) is 9.55 Å². The first-order valence-electron chi connectivity index (χ1n) is 10.1. The van der Waals surface area contributed by atoms with Gasteiger partial charge in [0, 0.05) is 29.1 Å². The highest BCUT2D eigenvalue weighted by Crippen LogP contribution is 2.37. The number of sulfonamides is 1. The Morgan fingerprint density at radius 1 is 1.06 bits per heavy atom. The summed E-state index contributed by atoms with van der Waals surface area (Å²) in [5, 5.41) is 3.89. The van der Waals surface area contributed by atoms with E-state index in [1.54, 1.807) is 43.5 Å². The highest BCUT2D eigenvalue weighted by atomic mass is 32.2. The lowest BCUT2D eigenvalue weighted by Gasteiger charge is -2.14. The lowest BCUT2D eigenvalue weighted by molar-refractivity contribution is 0.415. The molecule has 2 heterocycles. The second-order valence-corrected chi connectivity index (χ2v) is 9.94. The molecule has 0 amide bonds. The summed E-state index contributed by atoms with van der Waals surface area (Å²) >= 11 is 1.52. The molecule has 2 N–H and O–H groups in total. The first-order valence-corrected chi connectivity index (χ1v) is 12.9. The zero-order valence-corrected chi connectivity index (χ0v) is 19.9. The molecule has 0 unspecified atom stereocenters. The standard InChI is InChI=1S/C24H21N3O5S2/c1-32-23-17(6-3-16-4-7-19(8-5-16)26-34(2,30)31)13-20(14-21(23)18-10-12-33-15-18)27-22(28)9-11-25-24(27)29/h3-15,26H,1-2H3,(H,25,29). The van der Waals surface area contributed by atoms with Crippen LogP contribution in [0.2, 0.25) is 0 Å². The van der Waals surface area contributed by atoms with Crippen molar-refractivity contribution in [2.45, 2.75) is 0 Å². The van der Waals surface area contributed by atoms with Gasteiger partial charge in [0.05, 0.1) is 19.1 Å². The number of ether oxygens (including phenoxy) is 1. The molecule has 0 aliphatic rings. The van der Waals surface area contributed by atoms with Gasteiger partial charge < -0.3 is 9.72 Å². The molecule has 10 heteroatoms. The third-order valence-electron chi connectivity index (χ3n) is 4.92. The van der Waals surface area contributed by atoms with Crippen LogP contribution in [0.15, 0.2) is 75.1 Å². The average Bonchev–Trinajstić information content (AvgIpc) is 3.32. The molecule has 0 aliphatic carbocycles. The van der Waals surface area contributed by atoms with Crippen LogP contribution in [0.5, 0.6) is 5.75 Å². The van der Waals surface area contributed by atoms with Crippen molar-refractivity contribution in [1.29, 1.82) is 0 Å². The van der Waals surface area contributed by atoms with E-state index >= 15 is 0 Å². The fourth-order valence-corrected chi connectivity index (χ4v) is 4.70. The van der Waals surface area contributed by atoms with Crippen molar-refractivity contribution in [3.8, 4) is 22.6 Å². The van der Waals surface area contributed by atoms with E-state index in [-0.39, 0.29) is 0 Å². The minimum atomic E-state index is -3.36. The number of aromatic amines is 1. The van der Waals surface area contributed by atoms with Gasteiger partial charge in [0.15, 0.2) is 0 Å². The van der Waals surface area contributed by atoms with E-state index in [0.29, 0.717) is 22.7 Å². The van der Waals surface area contributed by atoms with E-state index < -0.39 is 21.3 Å². The lowest BCUT2D eigenvalue weighted by Crippen LogP contribution is -2.32. The fourth-order valence-electron chi connectivity index (χ4n) is 3.48. The molecule has 0 spiro atoms. The van der Waals surface area contributed by atoms with Crippen LogP contribution in [0.3, 0.4) is 0 Å². The summed E-state index contributed by atoms with van der Waals surface area (Å²) < 4.78 is 32.0. The average molecular weight is 496 g/mol. The highest BCUT2D eigenvalue weighted by Gasteiger charge is 2.15. The number of rotatable bonds is 7. The minimum Gasteiger partial charge on any atom is -0.495 e. The number of aromatic nitrogens is 2. The van der Waals surface area contributed by atoms with Gasteiger partial charge in [-0.05, 0) is 52.2 Å². The molecule has 2 aromatic heterocycles. The van der Waals surface area contributed by atoms with E-state index in [4.69, 9.17) is 4.74 Å². The molecule has 0 saturated carbocycles. The minimum absolute atomic E-state index is 0.404. The molecule has 0 saturated heterocycles. The van der Waals surface area contributed by atoms with Crippen molar-refractivity contribution < 1.29 is 13.2 Å². The zero-order valence-electron chi connectivity index (χ0n) is 18.3. The second kappa shape index (κ2) is 9.54. The van der Waals surface area contributed by atoms with E-state index in [9.17, 15) is 18.0 Å². The van der Waals surface area contributed by atoms with Gasteiger partial charge in [0.2, 0.25) is 10.0 Å². The van der Waals surface area contributed by atoms with E-state index in [0.717, 1.165) is 27.5 Å².